The molecule has 0 radical (unpaired) electrons. The van der Waals surface area contributed by atoms with Crippen LogP contribution in [-0.2, 0) is 6.18 Å². The Morgan fingerprint density at radius 1 is 1.19 bits per heavy atom. The molecule has 21 heavy (non-hydrogen) atoms. The van der Waals surface area contributed by atoms with Crippen molar-refractivity contribution in [2.45, 2.75) is 13.1 Å². The zero-order chi connectivity index (χ0) is 15.6. The average molecular weight is 358 g/mol. The lowest BCUT2D eigenvalue weighted by Crippen LogP contribution is -2.04. The van der Waals surface area contributed by atoms with Crippen molar-refractivity contribution in [1.29, 1.82) is 0 Å². The second kappa shape index (κ2) is 5.89. The minimum absolute atomic E-state index is 0.0613. The van der Waals surface area contributed by atoms with Crippen LogP contribution in [0.3, 0.4) is 0 Å². The van der Waals surface area contributed by atoms with E-state index in [0.717, 1.165) is 11.6 Å². The molecule has 0 saturated carbocycles. The molecule has 2 aromatic carbocycles. The fourth-order valence-corrected chi connectivity index (χ4v) is 2.41. The largest absolute Gasteiger partial charge is 0.506 e. The first-order valence-corrected chi connectivity index (χ1v) is 6.78. The molecule has 2 aromatic rings. The van der Waals surface area contributed by atoms with Crippen LogP contribution in [0.4, 0.5) is 18.9 Å². The van der Waals surface area contributed by atoms with Gasteiger partial charge in [-0.05, 0) is 52.7 Å². The van der Waals surface area contributed by atoms with Crippen LogP contribution in [0.5, 0.6) is 5.75 Å². The van der Waals surface area contributed by atoms with Gasteiger partial charge in [0.25, 0.3) is 0 Å². The van der Waals surface area contributed by atoms with Gasteiger partial charge in [-0.15, -0.1) is 0 Å². The van der Waals surface area contributed by atoms with E-state index in [-0.39, 0.29) is 11.4 Å². The van der Waals surface area contributed by atoms with Gasteiger partial charge in [-0.3, -0.25) is 4.99 Å². The Morgan fingerprint density at radius 2 is 1.86 bits per heavy atom. The third-order valence-electron chi connectivity index (χ3n) is 2.79. The van der Waals surface area contributed by atoms with Crippen molar-refractivity contribution in [3.8, 4) is 5.75 Å². The summed E-state index contributed by atoms with van der Waals surface area (Å²) in [6.07, 6.45) is -3.25. The fraction of sp³-hybridized carbons (Fsp3) is 0.133. The maximum absolute atomic E-state index is 12.9. The maximum atomic E-state index is 12.9. The number of nitrogens with zero attached hydrogens (tertiary/aromatic N) is 1. The standard InChI is InChI=1S/C15H11BrF3NO/c1-9-6-10(14(21)12(16)7-9)8-20-13-5-3-2-4-11(13)15(17,18)19/h2-8,21H,1H3/b20-8+. The first kappa shape index (κ1) is 15.6. The summed E-state index contributed by atoms with van der Waals surface area (Å²) in [5, 5.41) is 9.87. The number of phenols is 1. The number of halogens is 4. The van der Waals surface area contributed by atoms with Crippen molar-refractivity contribution in [2.75, 3.05) is 0 Å². The number of rotatable bonds is 2. The van der Waals surface area contributed by atoms with E-state index in [1.807, 2.05) is 6.92 Å². The minimum atomic E-state index is -4.47. The van der Waals surface area contributed by atoms with Gasteiger partial charge in [0.1, 0.15) is 5.75 Å². The van der Waals surface area contributed by atoms with Crippen LogP contribution in [0, 0.1) is 6.92 Å². The summed E-state index contributed by atoms with van der Waals surface area (Å²) in [6.45, 7) is 1.81. The first-order valence-electron chi connectivity index (χ1n) is 5.98. The highest BCUT2D eigenvalue weighted by atomic mass is 79.9. The average Bonchev–Trinajstić information content (AvgIpc) is 2.40. The number of aryl methyl sites for hydroxylation is 1. The van der Waals surface area contributed by atoms with Gasteiger partial charge >= 0.3 is 6.18 Å². The number of benzene rings is 2. The molecule has 0 aliphatic carbocycles. The molecular formula is C15H11BrF3NO. The Hall–Kier alpha value is -1.82. The van der Waals surface area contributed by atoms with Gasteiger partial charge in [0.15, 0.2) is 0 Å². The molecule has 110 valence electrons. The lowest BCUT2D eigenvalue weighted by molar-refractivity contribution is -0.137. The third-order valence-corrected chi connectivity index (χ3v) is 3.39. The van der Waals surface area contributed by atoms with E-state index in [4.69, 9.17) is 0 Å². The number of aliphatic imine (C=N–C) groups is 1. The van der Waals surface area contributed by atoms with E-state index >= 15 is 0 Å². The van der Waals surface area contributed by atoms with Crippen LogP contribution in [0.25, 0.3) is 0 Å². The van der Waals surface area contributed by atoms with Crippen LogP contribution < -0.4 is 0 Å². The number of hydrogen-bond donors (Lipinski definition) is 1. The lowest BCUT2D eigenvalue weighted by Gasteiger charge is -2.09. The summed E-state index contributed by atoms with van der Waals surface area (Å²) < 4.78 is 39.0. The van der Waals surface area contributed by atoms with Crippen molar-refractivity contribution < 1.29 is 18.3 Å². The summed E-state index contributed by atoms with van der Waals surface area (Å²) in [5.74, 6) is -0.0613. The van der Waals surface area contributed by atoms with Crippen molar-refractivity contribution in [3.63, 3.8) is 0 Å². The number of phenolic OH excluding ortho intramolecular Hbond substituents is 1. The Morgan fingerprint density at radius 3 is 2.52 bits per heavy atom. The molecule has 2 rings (SSSR count). The van der Waals surface area contributed by atoms with Gasteiger partial charge in [-0.2, -0.15) is 13.2 Å². The second-order valence-electron chi connectivity index (χ2n) is 4.46. The minimum Gasteiger partial charge on any atom is -0.506 e. The van der Waals surface area contributed by atoms with E-state index in [9.17, 15) is 18.3 Å². The quantitative estimate of drug-likeness (QED) is 0.733. The van der Waals surface area contributed by atoms with E-state index in [0.29, 0.717) is 10.0 Å². The molecule has 0 atom stereocenters. The van der Waals surface area contributed by atoms with Gasteiger partial charge in [-0.25, -0.2) is 0 Å². The van der Waals surface area contributed by atoms with Crippen molar-refractivity contribution in [3.05, 3.63) is 57.6 Å². The van der Waals surface area contributed by atoms with Gasteiger partial charge in [0, 0.05) is 11.8 Å². The number of hydrogen-bond acceptors (Lipinski definition) is 2. The highest BCUT2D eigenvalue weighted by molar-refractivity contribution is 9.10. The molecule has 0 unspecified atom stereocenters. The molecule has 0 aliphatic rings. The van der Waals surface area contributed by atoms with Crippen LogP contribution in [0.2, 0.25) is 0 Å². The maximum Gasteiger partial charge on any atom is 0.418 e. The smallest absolute Gasteiger partial charge is 0.418 e. The number of para-hydroxylation sites is 1. The summed E-state index contributed by atoms with van der Waals surface area (Å²) in [5.41, 5.74) is 0.193. The van der Waals surface area contributed by atoms with E-state index in [1.54, 1.807) is 12.1 Å². The lowest BCUT2D eigenvalue weighted by atomic mass is 10.1. The van der Waals surface area contributed by atoms with E-state index < -0.39 is 11.7 Å². The molecule has 0 bridgehead atoms. The SMILES string of the molecule is Cc1cc(Br)c(O)c(/C=N/c2ccccc2C(F)(F)F)c1. The highest BCUT2D eigenvalue weighted by Gasteiger charge is 2.32. The monoisotopic (exact) mass is 357 g/mol. The van der Waals surface area contributed by atoms with Crippen LogP contribution in [0.1, 0.15) is 16.7 Å². The molecule has 0 saturated heterocycles. The highest BCUT2D eigenvalue weighted by Crippen LogP contribution is 2.36. The predicted octanol–water partition coefficient (Wildman–Crippen LogP) is 5.23. The van der Waals surface area contributed by atoms with Gasteiger partial charge in [0.05, 0.1) is 15.7 Å². The second-order valence-corrected chi connectivity index (χ2v) is 5.31. The predicted molar refractivity (Wildman–Crippen MR) is 79.2 cm³/mol. The van der Waals surface area contributed by atoms with Crippen molar-refractivity contribution >= 4 is 27.8 Å². The van der Waals surface area contributed by atoms with Gasteiger partial charge in [0.2, 0.25) is 0 Å². The molecule has 0 heterocycles. The summed E-state index contributed by atoms with van der Waals surface area (Å²) >= 11 is 3.18. The van der Waals surface area contributed by atoms with E-state index in [2.05, 4.69) is 20.9 Å². The Bertz CT molecular complexity index is 696. The third kappa shape index (κ3) is 3.64. The molecule has 0 spiro atoms. The molecule has 0 aliphatic heterocycles. The van der Waals surface area contributed by atoms with Crippen LogP contribution in [-0.4, -0.2) is 11.3 Å². The molecule has 2 nitrogen and oxygen atoms in total. The van der Waals surface area contributed by atoms with Gasteiger partial charge < -0.3 is 5.11 Å². The van der Waals surface area contributed by atoms with Crippen molar-refractivity contribution in [1.82, 2.24) is 0 Å². The molecular weight excluding hydrogens is 347 g/mol. The summed E-state index contributed by atoms with van der Waals surface area (Å²) in [4.78, 5) is 3.86. The molecule has 0 amide bonds. The van der Waals surface area contributed by atoms with E-state index in [1.165, 1.54) is 24.4 Å². The van der Waals surface area contributed by atoms with Crippen LogP contribution >= 0.6 is 15.9 Å². The normalized spacial score (nSPS) is 12.0. The Kier molecular flexibility index (Phi) is 4.37. The van der Waals surface area contributed by atoms with Crippen molar-refractivity contribution in [2.24, 2.45) is 4.99 Å². The molecule has 1 N–H and O–H groups in total. The molecule has 0 aromatic heterocycles. The number of alkyl halides is 3. The first-order chi connectivity index (χ1) is 9.79. The Labute approximate surface area is 128 Å². The summed E-state index contributed by atoms with van der Waals surface area (Å²) in [7, 11) is 0. The Balaban J connectivity index is 2.44. The van der Waals surface area contributed by atoms with Gasteiger partial charge in [-0.1, -0.05) is 12.1 Å². The molecule has 0 fully saturated rings. The number of aromatic hydroxyl groups is 1. The molecule has 6 heteroatoms. The zero-order valence-electron chi connectivity index (χ0n) is 10.9. The topological polar surface area (TPSA) is 32.6 Å². The zero-order valence-corrected chi connectivity index (χ0v) is 12.5. The summed E-state index contributed by atoms with van der Waals surface area (Å²) in [6, 6.07) is 8.38. The fourth-order valence-electron chi connectivity index (χ4n) is 1.82. The van der Waals surface area contributed by atoms with Crippen LogP contribution in [0.15, 0.2) is 45.9 Å².